The van der Waals surface area contributed by atoms with Gasteiger partial charge in [0.05, 0.1) is 4.90 Å². The highest BCUT2D eigenvalue weighted by Crippen LogP contribution is 2.26. The van der Waals surface area contributed by atoms with Crippen molar-refractivity contribution in [1.29, 1.82) is 0 Å². The number of rotatable bonds is 3. The lowest BCUT2D eigenvalue weighted by Crippen LogP contribution is -2.48. The largest absolute Gasteiger partial charge is 0.369 e. The van der Waals surface area contributed by atoms with E-state index in [4.69, 9.17) is 0 Å². The maximum atomic E-state index is 13.0. The Morgan fingerprint density at radius 1 is 0.913 bits per heavy atom. The van der Waals surface area contributed by atoms with E-state index in [1.165, 1.54) is 16.4 Å². The van der Waals surface area contributed by atoms with Gasteiger partial charge in [0.2, 0.25) is 10.0 Å². The lowest BCUT2D eigenvalue weighted by atomic mass is 10.2. The van der Waals surface area contributed by atoms with Crippen molar-refractivity contribution < 1.29 is 12.8 Å². The first-order valence-corrected chi connectivity index (χ1v) is 9.47. The number of nitrogens with zero attached hydrogens (tertiary/aromatic N) is 2. The highest BCUT2D eigenvalue weighted by atomic mass is 79.9. The molecule has 4 nitrogen and oxygen atoms in total. The summed E-state index contributed by atoms with van der Waals surface area (Å²) in [5, 5.41) is 0. The van der Waals surface area contributed by atoms with Crippen molar-refractivity contribution in [3.63, 3.8) is 0 Å². The third kappa shape index (κ3) is 3.41. The van der Waals surface area contributed by atoms with Gasteiger partial charge in [-0.25, -0.2) is 12.8 Å². The molecule has 1 heterocycles. The van der Waals surface area contributed by atoms with Crippen LogP contribution in [0.3, 0.4) is 0 Å². The summed E-state index contributed by atoms with van der Waals surface area (Å²) >= 11 is 3.30. The third-order valence-electron chi connectivity index (χ3n) is 3.88. The molecule has 0 aromatic heterocycles. The smallest absolute Gasteiger partial charge is 0.244 e. The highest BCUT2D eigenvalue weighted by Gasteiger charge is 2.29. The number of halogens is 2. The van der Waals surface area contributed by atoms with Crippen molar-refractivity contribution >= 4 is 31.6 Å². The molecule has 2 aromatic rings. The van der Waals surface area contributed by atoms with Gasteiger partial charge >= 0.3 is 0 Å². The summed E-state index contributed by atoms with van der Waals surface area (Å²) in [6, 6.07) is 13.1. The molecule has 1 saturated heterocycles. The summed E-state index contributed by atoms with van der Waals surface area (Å²) in [5.41, 5.74) is 0.907. The summed E-state index contributed by atoms with van der Waals surface area (Å²) in [5.74, 6) is -0.274. The number of hydrogen-bond donors (Lipinski definition) is 0. The van der Waals surface area contributed by atoms with Crippen LogP contribution in [0.2, 0.25) is 0 Å². The average molecular weight is 399 g/mol. The van der Waals surface area contributed by atoms with Crippen LogP contribution in [0.5, 0.6) is 0 Å². The van der Waals surface area contributed by atoms with E-state index in [-0.39, 0.29) is 10.7 Å². The fourth-order valence-electron chi connectivity index (χ4n) is 2.63. The van der Waals surface area contributed by atoms with E-state index in [1.54, 1.807) is 36.4 Å². The number of hydrogen-bond acceptors (Lipinski definition) is 3. The zero-order valence-electron chi connectivity index (χ0n) is 12.3. The van der Waals surface area contributed by atoms with Crippen LogP contribution in [-0.2, 0) is 10.0 Å². The summed E-state index contributed by atoms with van der Waals surface area (Å²) < 4.78 is 40.5. The average Bonchev–Trinajstić information content (AvgIpc) is 2.56. The maximum Gasteiger partial charge on any atom is 0.244 e. The molecule has 23 heavy (non-hydrogen) atoms. The predicted molar refractivity (Wildman–Crippen MR) is 91.5 cm³/mol. The van der Waals surface area contributed by atoms with E-state index in [0.29, 0.717) is 30.7 Å². The Morgan fingerprint density at radius 2 is 1.52 bits per heavy atom. The first-order valence-electron chi connectivity index (χ1n) is 7.24. The first-order chi connectivity index (χ1) is 11.0. The highest BCUT2D eigenvalue weighted by molar-refractivity contribution is 9.10. The van der Waals surface area contributed by atoms with E-state index in [1.807, 2.05) is 0 Å². The third-order valence-corrected chi connectivity index (χ3v) is 6.80. The molecule has 2 aromatic carbocycles. The van der Waals surface area contributed by atoms with Crippen LogP contribution >= 0.6 is 15.9 Å². The Bertz CT molecular complexity index is 788. The van der Waals surface area contributed by atoms with Crippen LogP contribution in [0, 0.1) is 5.82 Å². The van der Waals surface area contributed by atoms with Crippen LogP contribution in [0.15, 0.2) is 57.9 Å². The number of anilines is 1. The van der Waals surface area contributed by atoms with Gasteiger partial charge in [-0.05, 0) is 52.3 Å². The van der Waals surface area contributed by atoms with Crippen molar-refractivity contribution in [3.8, 4) is 0 Å². The molecule has 0 radical (unpaired) electrons. The fraction of sp³-hybridized carbons (Fsp3) is 0.250. The minimum Gasteiger partial charge on any atom is -0.369 e. The normalized spacial score (nSPS) is 16.5. The van der Waals surface area contributed by atoms with Crippen LogP contribution in [-0.4, -0.2) is 38.9 Å². The van der Waals surface area contributed by atoms with Crippen molar-refractivity contribution in [1.82, 2.24) is 4.31 Å². The predicted octanol–water partition coefficient (Wildman–Crippen LogP) is 3.10. The molecule has 1 fully saturated rings. The van der Waals surface area contributed by atoms with Crippen LogP contribution in [0.1, 0.15) is 0 Å². The molecule has 1 aliphatic heterocycles. The van der Waals surface area contributed by atoms with Gasteiger partial charge in [-0.1, -0.05) is 12.1 Å². The zero-order chi connectivity index (χ0) is 16.4. The van der Waals surface area contributed by atoms with E-state index in [9.17, 15) is 12.8 Å². The SMILES string of the molecule is O=S(=O)(c1ccccc1Br)N1CCN(c2ccc(F)cc2)CC1. The molecule has 0 aliphatic carbocycles. The van der Waals surface area contributed by atoms with E-state index in [2.05, 4.69) is 20.8 Å². The van der Waals surface area contributed by atoms with E-state index in [0.717, 1.165) is 5.69 Å². The Labute approximate surface area is 143 Å². The Morgan fingerprint density at radius 3 is 2.13 bits per heavy atom. The van der Waals surface area contributed by atoms with E-state index >= 15 is 0 Å². The Balaban J connectivity index is 1.74. The minimum absolute atomic E-state index is 0.274. The molecular weight excluding hydrogens is 383 g/mol. The summed E-state index contributed by atoms with van der Waals surface area (Å²) in [7, 11) is -3.51. The fourth-order valence-corrected chi connectivity index (χ4v) is 5.02. The molecule has 1 aliphatic rings. The molecule has 0 N–H and O–H groups in total. The summed E-state index contributed by atoms with van der Waals surface area (Å²) in [6.07, 6.45) is 0. The molecule has 0 unspecified atom stereocenters. The van der Waals surface area contributed by atoms with Gasteiger partial charge in [0.25, 0.3) is 0 Å². The molecule has 7 heteroatoms. The number of benzene rings is 2. The van der Waals surface area contributed by atoms with Crippen molar-refractivity contribution in [2.75, 3.05) is 31.1 Å². The van der Waals surface area contributed by atoms with Gasteiger partial charge in [0, 0.05) is 36.3 Å². The number of piperazine rings is 1. The second kappa shape index (κ2) is 6.59. The molecule has 3 rings (SSSR count). The summed E-state index contributed by atoms with van der Waals surface area (Å²) in [6.45, 7) is 1.96. The Hall–Kier alpha value is -1.44. The Kier molecular flexibility index (Phi) is 4.70. The molecule has 0 amide bonds. The van der Waals surface area contributed by atoms with Gasteiger partial charge in [-0.15, -0.1) is 0 Å². The monoisotopic (exact) mass is 398 g/mol. The van der Waals surface area contributed by atoms with Gasteiger partial charge in [-0.3, -0.25) is 0 Å². The van der Waals surface area contributed by atoms with Gasteiger partial charge in [0.1, 0.15) is 5.82 Å². The molecule has 122 valence electrons. The second-order valence-corrected chi connectivity index (χ2v) is 8.06. The molecule has 0 atom stereocenters. The maximum absolute atomic E-state index is 13.0. The first kappa shape index (κ1) is 16.4. The van der Waals surface area contributed by atoms with Gasteiger partial charge in [-0.2, -0.15) is 4.31 Å². The van der Waals surface area contributed by atoms with Crippen LogP contribution < -0.4 is 4.90 Å². The van der Waals surface area contributed by atoms with Gasteiger partial charge < -0.3 is 4.90 Å². The topological polar surface area (TPSA) is 40.6 Å². The zero-order valence-corrected chi connectivity index (χ0v) is 14.7. The van der Waals surface area contributed by atoms with Crippen LogP contribution in [0.4, 0.5) is 10.1 Å². The number of sulfonamides is 1. The van der Waals surface area contributed by atoms with Crippen molar-refractivity contribution in [2.45, 2.75) is 4.90 Å². The van der Waals surface area contributed by atoms with E-state index < -0.39 is 10.0 Å². The molecule has 0 bridgehead atoms. The van der Waals surface area contributed by atoms with Crippen molar-refractivity contribution in [3.05, 3.63) is 58.8 Å². The standard InChI is InChI=1S/C16H16BrFN2O2S/c17-15-3-1-2-4-16(15)23(21,22)20-11-9-19(10-12-20)14-7-5-13(18)6-8-14/h1-8H,9-12H2. The van der Waals surface area contributed by atoms with Crippen molar-refractivity contribution in [2.24, 2.45) is 0 Å². The molecular formula is C16H16BrFN2O2S. The van der Waals surface area contributed by atoms with Gasteiger partial charge in [0.15, 0.2) is 0 Å². The molecule has 0 spiro atoms. The van der Waals surface area contributed by atoms with Crippen LogP contribution in [0.25, 0.3) is 0 Å². The molecule has 0 saturated carbocycles. The minimum atomic E-state index is -3.51. The quantitative estimate of drug-likeness (QED) is 0.797. The summed E-state index contributed by atoms with van der Waals surface area (Å²) in [4.78, 5) is 2.35. The second-order valence-electron chi connectivity index (χ2n) is 5.30. The lowest BCUT2D eigenvalue weighted by Gasteiger charge is -2.35. The lowest BCUT2D eigenvalue weighted by molar-refractivity contribution is 0.384.